The molecule has 0 aliphatic rings. The average molecular weight is 304 g/mol. The molecule has 3 heteroatoms. The number of benzene rings is 2. The minimum absolute atomic E-state index is 0.307. The van der Waals surface area contributed by atoms with Crippen molar-refractivity contribution in [2.45, 2.75) is 25.8 Å². The van der Waals surface area contributed by atoms with E-state index < -0.39 is 0 Å². The van der Waals surface area contributed by atoms with E-state index in [1.165, 1.54) is 11.1 Å². The molecule has 0 saturated carbocycles. The van der Waals surface area contributed by atoms with Gasteiger partial charge in [-0.3, -0.25) is 0 Å². The van der Waals surface area contributed by atoms with Gasteiger partial charge in [0.2, 0.25) is 0 Å². The van der Waals surface area contributed by atoms with Gasteiger partial charge >= 0.3 is 0 Å². The maximum Gasteiger partial charge on any atom is 0.119 e. The summed E-state index contributed by atoms with van der Waals surface area (Å²) >= 11 is 6.24. The van der Waals surface area contributed by atoms with Crippen LogP contribution in [-0.4, -0.2) is 13.7 Å². The monoisotopic (exact) mass is 303 g/mol. The van der Waals surface area contributed by atoms with E-state index in [0.717, 1.165) is 30.2 Å². The molecule has 21 heavy (non-hydrogen) atoms. The Kier molecular flexibility index (Phi) is 6.09. The van der Waals surface area contributed by atoms with E-state index >= 15 is 0 Å². The van der Waals surface area contributed by atoms with Crippen LogP contribution < -0.4 is 10.1 Å². The zero-order valence-corrected chi connectivity index (χ0v) is 13.4. The van der Waals surface area contributed by atoms with Gasteiger partial charge in [-0.15, -0.1) is 0 Å². The predicted molar refractivity (Wildman–Crippen MR) is 89.2 cm³/mol. The molecule has 0 aliphatic carbocycles. The van der Waals surface area contributed by atoms with Gasteiger partial charge in [-0.2, -0.15) is 0 Å². The van der Waals surface area contributed by atoms with Crippen LogP contribution in [0.1, 0.15) is 30.5 Å². The highest BCUT2D eigenvalue weighted by molar-refractivity contribution is 6.31. The Balaban J connectivity index is 2.10. The Morgan fingerprint density at radius 1 is 1.14 bits per heavy atom. The van der Waals surface area contributed by atoms with Gasteiger partial charge in [-0.25, -0.2) is 0 Å². The van der Waals surface area contributed by atoms with Crippen LogP contribution in [0, 0.1) is 0 Å². The normalized spacial score (nSPS) is 12.1. The molecule has 0 amide bonds. The molecule has 0 heterocycles. The number of methoxy groups -OCH3 is 1. The first-order chi connectivity index (χ1) is 10.2. The largest absolute Gasteiger partial charge is 0.497 e. The summed E-state index contributed by atoms with van der Waals surface area (Å²) in [5.74, 6) is 0.896. The summed E-state index contributed by atoms with van der Waals surface area (Å²) in [6.07, 6.45) is 1.96. The van der Waals surface area contributed by atoms with Crippen LogP contribution in [0.3, 0.4) is 0 Å². The summed E-state index contributed by atoms with van der Waals surface area (Å²) in [6, 6.07) is 16.6. The van der Waals surface area contributed by atoms with E-state index in [1.807, 2.05) is 30.3 Å². The summed E-state index contributed by atoms with van der Waals surface area (Å²) in [5.41, 5.74) is 2.45. The number of ether oxygens (including phenoxy) is 1. The van der Waals surface area contributed by atoms with E-state index in [1.54, 1.807) is 7.11 Å². The van der Waals surface area contributed by atoms with E-state index in [-0.39, 0.29) is 0 Å². The minimum Gasteiger partial charge on any atom is -0.497 e. The van der Waals surface area contributed by atoms with Gasteiger partial charge in [0.1, 0.15) is 5.75 Å². The average Bonchev–Trinajstić information content (AvgIpc) is 2.53. The highest BCUT2D eigenvalue weighted by Gasteiger charge is 2.12. The summed E-state index contributed by atoms with van der Waals surface area (Å²) < 4.78 is 5.32. The summed E-state index contributed by atoms with van der Waals surface area (Å²) in [7, 11) is 1.70. The van der Waals surface area contributed by atoms with Gasteiger partial charge in [-0.1, -0.05) is 48.9 Å². The van der Waals surface area contributed by atoms with Gasteiger partial charge in [0.25, 0.3) is 0 Å². The van der Waals surface area contributed by atoms with Crippen molar-refractivity contribution < 1.29 is 4.74 Å². The van der Waals surface area contributed by atoms with Crippen molar-refractivity contribution in [3.8, 4) is 5.75 Å². The minimum atomic E-state index is 0.307. The molecule has 2 nitrogen and oxygen atoms in total. The second kappa shape index (κ2) is 8.06. The topological polar surface area (TPSA) is 21.3 Å². The van der Waals surface area contributed by atoms with Crippen LogP contribution >= 0.6 is 11.6 Å². The Bertz CT molecular complexity index is 571. The van der Waals surface area contributed by atoms with Gasteiger partial charge in [-0.05, 0) is 48.7 Å². The van der Waals surface area contributed by atoms with Crippen molar-refractivity contribution in [1.82, 2.24) is 5.32 Å². The van der Waals surface area contributed by atoms with Gasteiger partial charge in [0.05, 0.1) is 7.11 Å². The molecule has 0 aliphatic heterocycles. The summed E-state index contributed by atoms with van der Waals surface area (Å²) in [5, 5.41) is 4.39. The van der Waals surface area contributed by atoms with Crippen LogP contribution in [0.15, 0.2) is 48.5 Å². The Morgan fingerprint density at radius 2 is 1.95 bits per heavy atom. The first kappa shape index (κ1) is 15.9. The predicted octanol–water partition coefficient (Wildman–Crippen LogP) is 4.63. The molecule has 0 unspecified atom stereocenters. The van der Waals surface area contributed by atoms with E-state index in [0.29, 0.717) is 6.04 Å². The Labute approximate surface area is 132 Å². The molecule has 1 N–H and O–H groups in total. The van der Waals surface area contributed by atoms with Crippen molar-refractivity contribution in [3.63, 3.8) is 0 Å². The second-order valence-electron chi connectivity index (χ2n) is 5.02. The molecule has 0 radical (unpaired) electrons. The quantitative estimate of drug-likeness (QED) is 0.805. The molecule has 1 atom stereocenters. The second-order valence-corrected chi connectivity index (χ2v) is 5.42. The molecule has 0 aromatic heterocycles. The first-order valence-corrected chi connectivity index (χ1v) is 7.73. The number of hydrogen-bond donors (Lipinski definition) is 1. The third-order valence-electron chi connectivity index (χ3n) is 3.61. The molecule has 2 aromatic rings. The number of aryl methyl sites for hydroxylation is 1. The SMILES string of the molecule is CCN[C@H](CCc1ccccc1Cl)c1cccc(OC)c1. The van der Waals surface area contributed by atoms with Crippen molar-refractivity contribution in [3.05, 3.63) is 64.7 Å². The third-order valence-corrected chi connectivity index (χ3v) is 3.98. The third kappa shape index (κ3) is 4.48. The number of rotatable bonds is 7. The zero-order valence-electron chi connectivity index (χ0n) is 12.6. The maximum atomic E-state index is 6.24. The van der Waals surface area contributed by atoms with Crippen LogP contribution in [0.25, 0.3) is 0 Å². The van der Waals surface area contributed by atoms with Crippen molar-refractivity contribution in [1.29, 1.82) is 0 Å². The fourth-order valence-corrected chi connectivity index (χ4v) is 2.72. The molecule has 2 rings (SSSR count). The molecule has 112 valence electrons. The molecule has 0 fully saturated rings. The smallest absolute Gasteiger partial charge is 0.119 e. The first-order valence-electron chi connectivity index (χ1n) is 7.35. The number of nitrogens with one attached hydrogen (secondary N) is 1. The van der Waals surface area contributed by atoms with E-state index in [4.69, 9.17) is 16.3 Å². The lowest BCUT2D eigenvalue weighted by Crippen LogP contribution is -2.21. The number of halogens is 1. The molecular formula is C18H22ClNO. The van der Waals surface area contributed by atoms with Gasteiger partial charge in [0, 0.05) is 11.1 Å². The zero-order chi connectivity index (χ0) is 15.1. The standard InChI is InChI=1S/C18H22ClNO/c1-3-20-18(15-8-6-9-16(13-15)21-2)12-11-14-7-4-5-10-17(14)19/h4-10,13,18,20H,3,11-12H2,1-2H3/t18-/m1/s1. The van der Waals surface area contributed by atoms with Gasteiger partial charge < -0.3 is 10.1 Å². The van der Waals surface area contributed by atoms with Crippen LogP contribution in [-0.2, 0) is 6.42 Å². The lowest BCUT2D eigenvalue weighted by molar-refractivity contribution is 0.412. The Hall–Kier alpha value is -1.51. The summed E-state index contributed by atoms with van der Waals surface area (Å²) in [6.45, 7) is 3.06. The van der Waals surface area contributed by atoms with Crippen molar-refractivity contribution in [2.24, 2.45) is 0 Å². The molecule has 2 aromatic carbocycles. The van der Waals surface area contributed by atoms with Gasteiger partial charge in [0.15, 0.2) is 0 Å². The van der Waals surface area contributed by atoms with Crippen LogP contribution in [0.4, 0.5) is 0 Å². The fourth-order valence-electron chi connectivity index (χ4n) is 2.49. The number of hydrogen-bond acceptors (Lipinski definition) is 2. The van der Waals surface area contributed by atoms with Crippen molar-refractivity contribution >= 4 is 11.6 Å². The molecular weight excluding hydrogens is 282 g/mol. The lowest BCUT2D eigenvalue weighted by atomic mass is 9.98. The van der Waals surface area contributed by atoms with Crippen molar-refractivity contribution in [2.75, 3.05) is 13.7 Å². The van der Waals surface area contributed by atoms with Crippen LogP contribution in [0.2, 0.25) is 5.02 Å². The molecule has 0 bridgehead atoms. The Morgan fingerprint density at radius 3 is 2.67 bits per heavy atom. The highest BCUT2D eigenvalue weighted by Crippen LogP contribution is 2.25. The highest BCUT2D eigenvalue weighted by atomic mass is 35.5. The lowest BCUT2D eigenvalue weighted by Gasteiger charge is -2.19. The fraction of sp³-hybridized carbons (Fsp3) is 0.333. The maximum absolute atomic E-state index is 6.24. The van der Waals surface area contributed by atoms with E-state index in [2.05, 4.69) is 30.4 Å². The molecule has 0 saturated heterocycles. The van der Waals surface area contributed by atoms with Crippen LogP contribution in [0.5, 0.6) is 5.75 Å². The van der Waals surface area contributed by atoms with E-state index in [9.17, 15) is 0 Å². The molecule has 0 spiro atoms. The summed E-state index contributed by atoms with van der Waals surface area (Å²) in [4.78, 5) is 0.